The first-order chi connectivity index (χ1) is 10.1. The molecule has 0 saturated carbocycles. The summed E-state index contributed by atoms with van der Waals surface area (Å²) in [5.74, 6) is -2.09. The normalized spacial score (nSPS) is 13.7. The van der Waals surface area contributed by atoms with Crippen LogP contribution in [-0.4, -0.2) is 18.2 Å². The van der Waals surface area contributed by atoms with E-state index in [1.54, 1.807) is 0 Å². The quantitative estimate of drug-likeness (QED) is 0.816. The fourth-order valence-corrected chi connectivity index (χ4v) is 2.69. The fourth-order valence-electron chi connectivity index (χ4n) is 2.45. The summed E-state index contributed by atoms with van der Waals surface area (Å²) < 4.78 is 14.0. The minimum atomic E-state index is -0.748. The van der Waals surface area contributed by atoms with Gasteiger partial charge in [-0.3, -0.25) is 9.59 Å². The number of anilines is 1. The predicted octanol–water partition coefficient (Wildman–Crippen LogP) is 3.25. The van der Waals surface area contributed by atoms with Gasteiger partial charge in [0, 0.05) is 6.54 Å². The number of hydrogen-bond acceptors (Lipinski definition) is 2. The monoisotopic (exact) mass is 303 g/mol. The smallest absolute Gasteiger partial charge is 0.299 e. The number of benzene rings is 2. The van der Waals surface area contributed by atoms with Crippen LogP contribution in [0.1, 0.15) is 15.9 Å². The topological polar surface area (TPSA) is 37.4 Å². The Kier molecular flexibility index (Phi) is 3.47. The van der Waals surface area contributed by atoms with Crippen molar-refractivity contribution in [2.45, 2.75) is 6.42 Å². The van der Waals surface area contributed by atoms with E-state index in [0.717, 1.165) is 5.56 Å². The second kappa shape index (κ2) is 5.30. The Hall–Kier alpha value is -2.20. The Morgan fingerprint density at radius 1 is 1.05 bits per heavy atom. The Balaban J connectivity index is 1.93. The van der Waals surface area contributed by atoms with Crippen molar-refractivity contribution in [2.24, 2.45) is 0 Å². The summed E-state index contributed by atoms with van der Waals surface area (Å²) in [5, 5.41) is 0.104. The third-order valence-electron chi connectivity index (χ3n) is 3.48. The first kappa shape index (κ1) is 13.8. The van der Waals surface area contributed by atoms with Crippen LogP contribution in [0.5, 0.6) is 0 Å². The molecular weight excluding hydrogens is 293 g/mol. The van der Waals surface area contributed by atoms with Gasteiger partial charge in [0.15, 0.2) is 0 Å². The Bertz CT molecular complexity index is 731. The van der Waals surface area contributed by atoms with Gasteiger partial charge >= 0.3 is 0 Å². The lowest BCUT2D eigenvalue weighted by Gasteiger charge is -2.17. The molecule has 1 amide bonds. The van der Waals surface area contributed by atoms with Crippen molar-refractivity contribution in [2.75, 3.05) is 11.4 Å². The van der Waals surface area contributed by atoms with Gasteiger partial charge in [-0.1, -0.05) is 41.9 Å². The van der Waals surface area contributed by atoms with Crippen molar-refractivity contribution in [3.8, 4) is 0 Å². The van der Waals surface area contributed by atoms with E-state index >= 15 is 0 Å². The van der Waals surface area contributed by atoms with Gasteiger partial charge in [0.25, 0.3) is 11.7 Å². The molecule has 3 rings (SSSR count). The number of rotatable bonds is 3. The highest BCUT2D eigenvalue weighted by Crippen LogP contribution is 2.36. The molecule has 1 aliphatic heterocycles. The van der Waals surface area contributed by atoms with Gasteiger partial charge in [-0.2, -0.15) is 0 Å². The molecule has 0 spiro atoms. The predicted molar refractivity (Wildman–Crippen MR) is 78.2 cm³/mol. The summed E-state index contributed by atoms with van der Waals surface area (Å²) in [6.45, 7) is 0.235. The highest BCUT2D eigenvalue weighted by atomic mass is 35.5. The van der Waals surface area contributed by atoms with Gasteiger partial charge in [0.2, 0.25) is 0 Å². The van der Waals surface area contributed by atoms with Crippen molar-refractivity contribution in [1.82, 2.24) is 0 Å². The van der Waals surface area contributed by atoms with E-state index in [1.165, 1.54) is 17.0 Å². The number of ketones is 1. The highest BCUT2D eigenvalue weighted by molar-refractivity contribution is 6.55. The zero-order valence-corrected chi connectivity index (χ0v) is 11.7. The number of halogens is 2. The number of carbonyl (C=O) groups excluding carboxylic acids is 2. The molecule has 0 N–H and O–H groups in total. The van der Waals surface area contributed by atoms with Crippen LogP contribution in [0.2, 0.25) is 5.02 Å². The SMILES string of the molecule is O=C1C(=O)N(CCc2ccccc2)c2c(F)ccc(Cl)c21. The lowest BCUT2D eigenvalue weighted by Crippen LogP contribution is -2.32. The van der Waals surface area contributed by atoms with Crippen molar-refractivity contribution >= 4 is 29.0 Å². The van der Waals surface area contributed by atoms with E-state index in [-0.39, 0.29) is 22.8 Å². The summed E-state index contributed by atoms with van der Waals surface area (Å²) in [7, 11) is 0. The molecule has 0 saturated heterocycles. The Morgan fingerprint density at radius 3 is 2.48 bits per heavy atom. The average Bonchev–Trinajstić information content (AvgIpc) is 2.75. The molecule has 0 aromatic heterocycles. The van der Waals surface area contributed by atoms with Gasteiger partial charge < -0.3 is 4.90 Å². The zero-order chi connectivity index (χ0) is 15.0. The number of nitrogens with zero attached hydrogens (tertiary/aromatic N) is 1. The number of fused-ring (bicyclic) bond motifs is 1. The van der Waals surface area contributed by atoms with E-state index in [9.17, 15) is 14.0 Å². The third kappa shape index (κ3) is 2.32. The molecule has 1 aliphatic rings. The molecule has 106 valence electrons. The second-order valence-corrected chi connectivity index (χ2v) is 5.18. The van der Waals surface area contributed by atoms with Crippen LogP contribution in [-0.2, 0) is 11.2 Å². The summed E-state index contributed by atoms with van der Waals surface area (Å²) in [5.41, 5.74) is 0.969. The molecule has 0 radical (unpaired) electrons. The minimum Gasteiger partial charge on any atom is -0.302 e. The van der Waals surface area contributed by atoms with Crippen LogP contribution in [0.3, 0.4) is 0 Å². The largest absolute Gasteiger partial charge is 0.302 e. The van der Waals surface area contributed by atoms with E-state index in [2.05, 4.69) is 0 Å². The molecule has 0 fully saturated rings. The molecule has 0 bridgehead atoms. The van der Waals surface area contributed by atoms with Gasteiger partial charge in [-0.25, -0.2) is 4.39 Å². The van der Waals surface area contributed by atoms with Gasteiger partial charge in [-0.15, -0.1) is 0 Å². The fraction of sp³-hybridized carbons (Fsp3) is 0.125. The van der Waals surface area contributed by atoms with Gasteiger partial charge in [0.05, 0.1) is 16.3 Å². The number of Topliss-reactive ketones (excluding diaryl/α,β-unsaturated/α-hetero) is 1. The molecule has 5 heteroatoms. The minimum absolute atomic E-state index is 0.00608. The second-order valence-electron chi connectivity index (χ2n) is 4.77. The van der Waals surface area contributed by atoms with Crippen molar-refractivity contribution in [3.63, 3.8) is 0 Å². The van der Waals surface area contributed by atoms with E-state index in [0.29, 0.717) is 6.42 Å². The highest BCUT2D eigenvalue weighted by Gasteiger charge is 2.39. The molecule has 1 heterocycles. The lowest BCUT2D eigenvalue weighted by molar-refractivity contribution is -0.114. The van der Waals surface area contributed by atoms with Crippen molar-refractivity contribution < 1.29 is 14.0 Å². The van der Waals surface area contributed by atoms with E-state index < -0.39 is 17.5 Å². The maximum atomic E-state index is 14.0. The molecule has 2 aromatic rings. The van der Waals surface area contributed by atoms with Crippen molar-refractivity contribution in [1.29, 1.82) is 0 Å². The zero-order valence-electron chi connectivity index (χ0n) is 11.0. The van der Waals surface area contributed by atoms with Gasteiger partial charge in [-0.05, 0) is 24.1 Å². The maximum absolute atomic E-state index is 14.0. The lowest BCUT2D eigenvalue weighted by atomic mass is 10.1. The van der Waals surface area contributed by atoms with Crippen LogP contribution in [0.15, 0.2) is 42.5 Å². The average molecular weight is 304 g/mol. The molecule has 2 aromatic carbocycles. The Labute approximate surface area is 125 Å². The van der Waals surface area contributed by atoms with E-state index in [4.69, 9.17) is 11.6 Å². The van der Waals surface area contributed by atoms with Crippen LogP contribution in [0.25, 0.3) is 0 Å². The van der Waals surface area contributed by atoms with Crippen LogP contribution >= 0.6 is 11.6 Å². The molecule has 0 aliphatic carbocycles. The Morgan fingerprint density at radius 2 is 1.76 bits per heavy atom. The van der Waals surface area contributed by atoms with Gasteiger partial charge in [0.1, 0.15) is 5.82 Å². The maximum Gasteiger partial charge on any atom is 0.299 e. The summed E-state index contributed by atoms with van der Waals surface area (Å²) >= 11 is 5.92. The number of carbonyl (C=O) groups is 2. The standard InChI is InChI=1S/C16H11ClFNO2/c17-11-6-7-12(18)14-13(11)15(20)16(21)19(14)9-8-10-4-2-1-3-5-10/h1-7H,8-9H2. The molecule has 3 nitrogen and oxygen atoms in total. The van der Waals surface area contributed by atoms with Crippen LogP contribution in [0, 0.1) is 5.82 Å². The molecule has 21 heavy (non-hydrogen) atoms. The first-order valence-corrected chi connectivity index (χ1v) is 6.85. The van der Waals surface area contributed by atoms with Crippen LogP contribution < -0.4 is 4.90 Å². The van der Waals surface area contributed by atoms with E-state index in [1.807, 2.05) is 30.3 Å². The number of amides is 1. The molecular formula is C16H11ClFNO2. The van der Waals surface area contributed by atoms with Crippen LogP contribution in [0.4, 0.5) is 10.1 Å². The summed E-state index contributed by atoms with van der Waals surface area (Å²) in [6.07, 6.45) is 0.533. The molecule has 0 unspecified atom stereocenters. The third-order valence-corrected chi connectivity index (χ3v) is 3.80. The van der Waals surface area contributed by atoms with Crippen molar-refractivity contribution in [3.05, 3.63) is 64.4 Å². The summed E-state index contributed by atoms with van der Waals surface area (Å²) in [4.78, 5) is 25.2. The molecule has 0 atom stereocenters. The first-order valence-electron chi connectivity index (χ1n) is 6.47. The summed E-state index contributed by atoms with van der Waals surface area (Å²) in [6, 6.07) is 12.0. The number of hydrogen-bond donors (Lipinski definition) is 0.